The quantitative estimate of drug-likeness (QED) is 0.662. The summed E-state index contributed by atoms with van der Waals surface area (Å²) in [5, 5.41) is 9.62. The average Bonchev–Trinajstić information content (AvgIpc) is 3.02. The molecule has 1 N–H and O–H groups in total. The minimum absolute atomic E-state index is 0.0409. The summed E-state index contributed by atoms with van der Waals surface area (Å²) < 4.78 is 32.3. The van der Waals surface area contributed by atoms with Crippen LogP contribution in [-0.4, -0.2) is 68.5 Å². The highest BCUT2D eigenvalue weighted by molar-refractivity contribution is 7.89. The lowest BCUT2D eigenvalue weighted by atomic mass is 10.1. The molecule has 1 aliphatic rings. The van der Waals surface area contributed by atoms with Gasteiger partial charge < -0.3 is 14.7 Å². The molecule has 8 heteroatoms. The molecule has 1 aromatic carbocycles. The first kappa shape index (κ1) is 22.6. The topological polar surface area (TPSA) is 87.1 Å². The van der Waals surface area contributed by atoms with Crippen LogP contribution in [0, 0.1) is 19.8 Å². The second-order valence-corrected chi connectivity index (χ2v) is 9.85. The van der Waals surface area contributed by atoms with Crippen molar-refractivity contribution in [2.45, 2.75) is 51.0 Å². The summed E-state index contributed by atoms with van der Waals surface area (Å²) in [5.41, 5.74) is 0.987. The fourth-order valence-electron chi connectivity index (χ4n) is 3.80. The number of carbonyl (C=O) groups excluding carboxylic acids is 1. The maximum atomic E-state index is 12.8. The Morgan fingerprint density at radius 2 is 1.82 bits per heavy atom. The van der Waals surface area contributed by atoms with Crippen molar-refractivity contribution in [3.63, 3.8) is 0 Å². The summed E-state index contributed by atoms with van der Waals surface area (Å²) in [5.74, 6) is 0.612. The predicted molar refractivity (Wildman–Crippen MR) is 108 cm³/mol. The summed E-state index contributed by atoms with van der Waals surface area (Å²) in [7, 11) is -0.415. The first-order chi connectivity index (χ1) is 13.0. The predicted octanol–water partition coefficient (Wildman–Crippen LogP) is 2.29. The van der Waals surface area contributed by atoms with E-state index in [0.717, 1.165) is 19.3 Å². The number of amides is 1. The molecule has 0 saturated heterocycles. The zero-order valence-corrected chi connectivity index (χ0v) is 18.3. The molecular formula is C20H32N2O5S. The molecule has 0 heterocycles. The summed E-state index contributed by atoms with van der Waals surface area (Å²) in [6, 6.07) is 3.14. The van der Waals surface area contributed by atoms with Gasteiger partial charge >= 0.3 is 0 Å². The van der Waals surface area contributed by atoms with Gasteiger partial charge in [-0.25, -0.2) is 8.42 Å². The molecule has 158 valence electrons. The Bertz CT molecular complexity index is 786. The Morgan fingerprint density at radius 1 is 1.21 bits per heavy atom. The van der Waals surface area contributed by atoms with Gasteiger partial charge in [-0.1, -0.05) is 6.92 Å². The molecule has 0 aliphatic heterocycles. The Hall–Kier alpha value is -1.64. The highest BCUT2D eigenvalue weighted by Crippen LogP contribution is 2.28. The lowest BCUT2D eigenvalue weighted by Crippen LogP contribution is -2.38. The third-order valence-electron chi connectivity index (χ3n) is 5.50. The zero-order valence-electron chi connectivity index (χ0n) is 17.4. The normalized spacial score (nSPS) is 19.9. The summed E-state index contributed by atoms with van der Waals surface area (Å²) in [6.07, 6.45) is 3.19. The van der Waals surface area contributed by atoms with Crippen LogP contribution in [0.5, 0.6) is 5.75 Å². The number of phenols is 1. The summed E-state index contributed by atoms with van der Waals surface area (Å²) in [6.45, 7) is 5.73. The van der Waals surface area contributed by atoms with Crippen LogP contribution >= 0.6 is 0 Å². The van der Waals surface area contributed by atoms with E-state index in [0.29, 0.717) is 17.0 Å². The van der Waals surface area contributed by atoms with E-state index in [9.17, 15) is 18.3 Å². The van der Waals surface area contributed by atoms with E-state index in [-0.39, 0.29) is 42.4 Å². The monoisotopic (exact) mass is 412 g/mol. The van der Waals surface area contributed by atoms with Crippen LogP contribution in [0.4, 0.5) is 0 Å². The number of hydrogen-bond acceptors (Lipinski definition) is 5. The van der Waals surface area contributed by atoms with Gasteiger partial charge in [0.2, 0.25) is 15.9 Å². The van der Waals surface area contributed by atoms with E-state index in [1.165, 1.54) is 23.5 Å². The molecular weight excluding hydrogens is 380 g/mol. The fourth-order valence-corrected chi connectivity index (χ4v) is 5.36. The van der Waals surface area contributed by atoms with Gasteiger partial charge in [0.15, 0.2) is 0 Å². The Labute approximate surface area is 168 Å². The highest BCUT2D eigenvalue weighted by atomic mass is 32.2. The standard InChI is InChI=1S/C20H32N2O5S/c1-14-6-7-17(10-14)22(5)19(24)13-27-9-8-21(4)28(25,26)20-15(2)11-18(23)12-16(20)3/h11-12,14,17,23H,6-10,13H2,1-5H3/t14-,17+/m1/s1. The molecule has 1 aliphatic carbocycles. The van der Waals surface area contributed by atoms with Gasteiger partial charge in [-0.3, -0.25) is 4.79 Å². The molecule has 0 unspecified atom stereocenters. The van der Waals surface area contributed by atoms with Crippen molar-refractivity contribution in [1.82, 2.24) is 9.21 Å². The number of sulfonamides is 1. The minimum atomic E-state index is -3.71. The fraction of sp³-hybridized carbons (Fsp3) is 0.650. The molecule has 2 atom stereocenters. The van der Waals surface area contributed by atoms with E-state index >= 15 is 0 Å². The molecule has 0 spiro atoms. The third-order valence-corrected chi connectivity index (χ3v) is 7.66. The lowest BCUT2D eigenvalue weighted by Gasteiger charge is -2.25. The number of ether oxygens (including phenoxy) is 1. The Kier molecular flexibility index (Phi) is 7.47. The number of likely N-dealkylation sites (N-methyl/N-ethyl adjacent to an activating group) is 2. The van der Waals surface area contributed by atoms with Crippen molar-refractivity contribution in [3.8, 4) is 5.75 Å². The molecule has 0 bridgehead atoms. The molecule has 0 radical (unpaired) electrons. The number of hydrogen-bond donors (Lipinski definition) is 1. The van der Waals surface area contributed by atoms with E-state index in [1.807, 2.05) is 0 Å². The number of aromatic hydroxyl groups is 1. The van der Waals surface area contributed by atoms with E-state index in [1.54, 1.807) is 25.8 Å². The SMILES string of the molecule is Cc1cc(O)cc(C)c1S(=O)(=O)N(C)CCOCC(=O)N(C)[C@H]1CC[C@@H](C)C1. The Morgan fingerprint density at radius 3 is 2.36 bits per heavy atom. The zero-order chi connectivity index (χ0) is 21.1. The largest absolute Gasteiger partial charge is 0.508 e. The summed E-state index contributed by atoms with van der Waals surface area (Å²) in [4.78, 5) is 14.2. The second kappa shape index (κ2) is 9.24. The average molecular weight is 413 g/mol. The molecule has 28 heavy (non-hydrogen) atoms. The molecule has 2 rings (SSSR count). The van der Waals surface area contributed by atoms with Gasteiger partial charge in [0.1, 0.15) is 12.4 Å². The van der Waals surface area contributed by atoms with Gasteiger partial charge in [-0.15, -0.1) is 0 Å². The third kappa shape index (κ3) is 5.24. The molecule has 7 nitrogen and oxygen atoms in total. The van der Waals surface area contributed by atoms with Crippen molar-refractivity contribution in [3.05, 3.63) is 23.3 Å². The van der Waals surface area contributed by atoms with Gasteiger partial charge in [0.25, 0.3) is 0 Å². The molecule has 0 aromatic heterocycles. The van der Waals surface area contributed by atoms with E-state index in [2.05, 4.69) is 6.92 Å². The highest BCUT2D eigenvalue weighted by Gasteiger charge is 2.28. The van der Waals surface area contributed by atoms with Gasteiger partial charge in [-0.2, -0.15) is 4.31 Å². The minimum Gasteiger partial charge on any atom is -0.508 e. The Balaban J connectivity index is 1.86. The van der Waals surface area contributed by atoms with Crippen LogP contribution in [0.1, 0.15) is 37.3 Å². The molecule has 1 saturated carbocycles. The first-order valence-electron chi connectivity index (χ1n) is 9.64. The number of benzene rings is 1. The van der Waals surface area contributed by atoms with Crippen LogP contribution in [0.15, 0.2) is 17.0 Å². The molecule has 1 aromatic rings. The van der Waals surface area contributed by atoms with Gasteiger partial charge in [0.05, 0.1) is 11.5 Å². The maximum Gasteiger partial charge on any atom is 0.248 e. The van der Waals surface area contributed by atoms with Crippen LogP contribution in [0.25, 0.3) is 0 Å². The van der Waals surface area contributed by atoms with Crippen molar-refractivity contribution in [2.24, 2.45) is 5.92 Å². The van der Waals surface area contributed by atoms with Crippen LogP contribution < -0.4 is 0 Å². The van der Waals surface area contributed by atoms with E-state index in [4.69, 9.17) is 4.74 Å². The smallest absolute Gasteiger partial charge is 0.248 e. The molecule has 1 fully saturated rings. The summed E-state index contributed by atoms with van der Waals surface area (Å²) >= 11 is 0. The van der Waals surface area contributed by atoms with Crippen molar-refractivity contribution < 1.29 is 23.1 Å². The van der Waals surface area contributed by atoms with Gasteiger partial charge in [-0.05, 0) is 62.3 Å². The number of nitrogens with zero attached hydrogens (tertiary/aromatic N) is 2. The number of carbonyl (C=O) groups is 1. The van der Waals surface area contributed by atoms with Crippen molar-refractivity contribution in [2.75, 3.05) is 33.9 Å². The first-order valence-corrected chi connectivity index (χ1v) is 11.1. The number of rotatable bonds is 8. The van der Waals surface area contributed by atoms with Crippen LogP contribution in [0.2, 0.25) is 0 Å². The maximum absolute atomic E-state index is 12.8. The van der Waals surface area contributed by atoms with Crippen molar-refractivity contribution >= 4 is 15.9 Å². The number of aryl methyl sites for hydroxylation is 2. The number of phenolic OH excluding ortho intramolecular Hbond substituents is 1. The van der Waals surface area contributed by atoms with Crippen LogP contribution in [-0.2, 0) is 19.6 Å². The lowest BCUT2D eigenvalue weighted by molar-refractivity contribution is -0.136. The van der Waals surface area contributed by atoms with Crippen molar-refractivity contribution in [1.29, 1.82) is 0 Å². The van der Waals surface area contributed by atoms with E-state index < -0.39 is 10.0 Å². The second-order valence-electron chi connectivity index (χ2n) is 7.86. The molecule has 1 amide bonds. The van der Waals surface area contributed by atoms with Gasteiger partial charge in [0, 0.05) is 26.7 Å². The van der Waals surface area contributed by atoms with Crippen LogP contribution in [0.3, 0.4) is 0 Å².